The maximum absolute atomic E-state index is 12.7. The molecule has 264 valence electrons. The van der Waals surface area contributed by atoms with Gasteiger partial charge in [0.2, 0.25) is 11.2 Å². The maximum atomic E-state index is 12.7. The van der Waals surface area contributed by atoms with E-state index in [2.05, 4.69) is 22.2 Å². The van der Waals surface area contributed by atoms with Crippen LogP contribution in [-0.2, 0) is 21.7 Å². The van der Waals surface area contributed by atoms with Crippen LogP contribution in [-0.4, -0.2) is 70.1 Å². The summed E-state index contributed by atoms with van der Waals surface area (Å²) >= 11 is 2.84. The summed E-state index contributed by atoms with van der Waals surface area (Å²) < 4.78 is 12.6. The molecule has 0 saturated heterocycles. The number of hydrogen-bond donors (Lipinski definition) is 5. The third-order valence-corrected chi connectivity index (χ3v) is 11.4. The van der Waals surface area contributed by atoms with Gasteiger partial charge in [-0.25, -0.2) is 4.79 Å². The van der Waals surface area contributed by atoms with Gasteiger partial charge in [0, 0.05) is 37.1 Å². The van der Waals surface area contributed by atoms with Gasteiger partial charge in [-0.1, -0.05) is 30.3 Å². The first kappa shape index (κ1) is 35.8. The third kappa shape index (κ3) is 8.12. The van der Waals surface area contributed by atoms with Crippen molar-refractivity contribution in [1.82, 2.24) is 15.2 Å². The highest BCUT2D eigenvalue weighted by molar-refractivity contribution is 7.12. The molecule has 5 N–H and O–H groups in total. The van der Waals surface area contributed by atoms with Crippen LogP contribution in [0.2, 0.25) is 0 Å². The number of benzene rings is 2. The quantitative estimate of drug-likeness (QED) is 0.0750. The first-order valence-corrected chi connectivity index (χ1v) is 18.7. The zero-order valence-electron chi connectivity index (χ0n) is 27.9. The highest BCUT2D eigenvalue weighted by Gasteiger charge is 2.48. The number of pyridine rings is 1. The number of phenols is 1. The molecule has 1 saturated carbocycles. The average molecular weight is 718 g/mol. The van der Waals surface area contributed by atoms with Crippen LogP contribution >= 0.6 is 22.7 Å². The van der Waals surface area contributed by atoms with Gasteiger partial charge < -0.3 is 40.0 Å². The number of aromatic amines is 1. The zero-order valence-corrected chi connectivity index (χ0v) is 29.6. The predicted molar refractivity (Wildman–Crippen MR) is 196 cm³/mol. The second kappa shape index (κ2) is 16.3. The first-order valence-electron chi connectivity index (χ1n) is 16.9. The van der Waals surface area contributed by atoms with Crippen LogP contribution in [0.5, 0.6) is 11.5 Å². The van der Waals surface area contributed by atoms with Gasteiger partial charge in [-0.15, -0.1) is 22.7 Å². The van der Waals surface area contributed by atoms with Gasteiger partial charge in [0.1, 0.15) is 11.5 Å². The molecular weight excluding hydrogens is 675 g/mol. The zero-order chi connectivity index (χ0) is 35.1. The largest absolute Gasteiger partial charge is 0.506 e. The number of H-pyrrole nitrogens is 1. The fourth-order valence-electron chi connectivity index (χ4n) is 6.71. The Labute approximate surface area is 298 Å². The number of thiophene rings is 2. The predicted octanol–water partition coefficient (Wildman–Crippen LogP) is 6.24. The highest BCUT2D eigenvalue weighted by atomic mass is 32.1. The summed E-state index contributed by atoms with van der Waals surface area (Å²) in [6.07, 6.45) is 3.46. The number of aromatic nitrogens is 1. The lowest BCUT2D eigenvalue weighted by Gasteiger charge is -2.38. The molecule has 3 heterocycles. The van der Waals surface area contributed by atoms with Crippen molar-refractivity contribution in [2.45, 2.75) is 62.5 Å². The molecular formula is C38H43N3O7S2. The summed E-state index contributed by atoms with van der Waals surface area (Å²) in [5.41, 5.74) is 0.212. The molecule has 50 heavy (non-hydrogen) atoms. The molecule has 1 aliphatic carbocycles. The number of carbonyl (C=O) groups is 1. The van der Waals surface area contributed by atoms with Crippen molar-refractivity contribution in [3.63, 3.8) is 0 Å². The van der Waals surface area contributed by atoms with E-state index in [0.717, 1.165) is 50.0 Å². The molecule has 0 amide bonds. The lowest BCUT2D eigenvalue weighted by atomic mass is 9.90. The van der Waals surface area contributed by atoms with Crippen LogP contribution < -0.4 is 15.6 Å². The van der Waals surface area contributed by atoms with Crippen molar-refractivity contribution < 1.29 is 29.6 Å². The van der Waals surface area contributed by atoms with Crippen molar-refractivity contribution >= 4 is 39.5 Å². The fraction of sp³-hybridized carbons (Fsp3) is 0.368. The lowest BCUT2D eigenvalue weighted by Crippen LogP contribution is -2.44. The van der Waals surface area contributed by atoms with Crippen molar-refractivity contribution in [3.05, 3.63) is 115 Å². The number of nitrogens with one attached hydrogen (secondary N) is 2. The smallest absolute Gasteiger partial charge is 0.347 e. The second-order valence-corrected chi connectivity index (χ2v) is 14.6. The number of fused-ring (bicyclic) bond motifs is 1. The summed E-state index contributed by atoms with van der Waals surface area (Å²) in [6.45, 7) is 2.35. The van der Waals surface area contributed by atoms with Crippen LogP contribution in [0, 0.1) is 0 Å². The minimum atomic E-state index is -1.46. The highest BCUT2D eigenvalue weighted by Crippen LogP contribution is 2.42. The number of aliphatic hydroxyl groups is 1. The third-order valence-electron chi connectivity index (χ3n) is 9.43. The molecule has 10 nitrogen and oxygen atoms in total. The van der Waals surface area contributed by atoms with E-state index in [4.69, 9.17) is 9.47 Å². The number of phenolic OH excluding ortho intramolecular Hbond substituents is 1. The summed E-state index contributed by atoms with van der Waals surface area (Å²) in [5, 5.41) is 39.0. The Kier molecular flexibility index (Phi) is 11.7. The molecule has 1 atom stereocenters. The molecule has 0 bridgehead atoms. The Bertz CT molecular complexity index is 1850. The van der Waals surface area contributed by atoms with E-state index in [9.17, 15) is 24.9 Å². The Morgan fingerprint density at radius 1 is 1.00 bits per heavy atom. The molecule has 6 rings (SSSR count). The van der Waals surface area contributed by atoms with Crippen LogP contribution in [0.15, 0.2) is 88.4 Å². The maximum Gasteiger partial charge on any atom is 0.347 e. The number of rotatable bonds is 16. The molecule has 3 aromatic heterocycles. The Hall–Kier alpha value is -4.04. The molecule has 1 fully saturated rings. The van der Waals surface area contributed by atoms with E-state index >= 15 is 0 Å². The summed E-state index contributed by atoms with van der Waals surface area (Å²) in [7, 11) is 2.15. The SMILES string of the molecule is CN(CCCOc1ccc(CNC[C@H](O)c2ccc(O)c3[nH]c(=O)ccc23)cc1)[C@H]1CC[C@H](OC(C(=O)O)(c2cccs2)c2cccs2)CC1. The molecule has 2 aromatic carbocycles. The minimum absolute atomic E-state index is 0.0354. The Morgan fingerprint density at radius 3 is 2.34 bits per heavy atom. The van der Waals surface area contributed by atoms with Gasteiger partial charge >= 0.3 is 5.97 Å². The number of carboxylic acids is 1. The van der Waals surface area contributed by atoms with Gasteiger partial charge in [0.05, 0.1) is 34.1 Å². The molecule has 12 heteroatoms. The number of ether oxygens (including phenoxy) is 2. The number of aromatic hydroxyl groups is 1. The molecule has 1 aliphatic rings. The molecule has 0 spiro atoms. The molecule has 0 radical (unpaired) electrons. The molecule has 0 aliphatic heterocycles. The second-order valence-electron chi connectivity index (χ2n) is 12.7. The molecule has 0 unspecified atom stereocenters. The Morgan fingerprint density at radius 2 is 1.70 bits per heavy atom. The normalized spacial score (nSPS) is 17.3. The topological polar surface area (TPSA) is 144 Å². The van der Waals surface area contributed by atoms with Crippen LogP contribution in [0.25, 0.3) is 10.9 Å². The number of nitrogens with zero attached hydrogens (tertiary/aromatic N) is 1. The molecule has 5 aromatic rings. The lowest BCUT2D eigenvalue weighted by molar-refractivity contribution is -0.170. The summed E-state index contributed by atoms with van der Waals surface area (Å²) in [4.78, 5) is 30.8. The van der Waals surface area contributed by atoms with Crippen molar-refractivity contribution in [2.24, 2.45) is 0 Å². The van der Waals surface area contributed by atoms with Crippen LogP contribution in [0.3, 0.4) is 0 Å². The van der Waals surface area contributed by atoms with Gasteiger partial charge in [0.15, 0.2) is 0 Å². The van der Waals surface area contributed by atoms with Gasteiger partial charge in [-0.3, -0.25) is 4.79 Å². The van der Waals surface area contributed by atoms with E-state index in [0.29, 0.717) is 52.0 Å². The minimum Gasteiger partial charge on any atom is -0.506 e. The van der Waals surface area contributed by atoms with Crippen molar-refractivity contribution in [1.29, 1.82) is 0 Å². The number of hydrogen-bond acceptors (Lipinski definition) is 10. The van der Waals surface area contributed by atoms with Crippen LogP contribution in [0.1, 0.15) is 59.1 Å². The van der Waals surface area contributed by atoms with Gasteiger partial charge in [-0.05, 0) is 97.4 Å². The van der Waals surface area contributed by atoms with Crippen molar-refractivity contribution in [3.8, 4) is 11.5 Å². The van der Waals surface area contributed by atoms with E-state index in [1.807, 2.05) is 59.3 Å². The number of aliphatic carboxylic acids is 1. The summed E-state index contributed by atoms with van der Waals surface area (Å²) in [6, 6.07) is 21.9. The van der Waals surface area contributed by atoms with Gasteiger partial charge in [-0.2, -0.15) is 0 Å². The fourth-order valence-corrected chi connectivity index (χ4v) is 8.52. The Balaban J connectivity index is 0.908. The number of carboxylic acid groups (broad SMARTS) is 1. The standard InChI is InChI=1S/C38H43N3O7S2/c1-41(26-9-13-28(14-10-26)48-38(37(45)46,33-5-2-21-49-33)34-6-3-22-50-34)19-4-20-47-27-11-7-25(8-12-27)23-39-24-32(43)29-15-17-31(42)36-30(29)16-18-35(44)40-36/h2-3,5-8,11-12,15-18,21-22,26,28,32,39,42-43H,4,9-10,13-14,19-20,23-24H2,1H3,(H,40,44)(H,45,46)/t26-,28-,32-/m0/s1. The van der Waals surface area contributed by atoms with E-state index in [-0.39, 0.29) is 17.4 Å². The first-order chi connectivity index (χ1) is 24.2. The number of aliphatic hydroxyl groups excluding tert-OH is 1. The van der Waals surface area contributed by atoms with E-state index in [1.165, 1.54) is 34.8 Å². The monoisotopic (exact) mass is 717 g/mol. The van der Waals surface area contributed by atoms with Crippen molar-refractivity contribution in [2.75, 3.05) is 26.7 Å². The van der Waals surface area contributed by atoms with E-state index in [1.54, 1.807) is 12.1 Å². The van der Waals surface area contributed by atoms with Crippen LogP contribution in [0.4, 0.5) is 0 Å². The van der Waals surface area contributed by atoms with Gasteiger partial charge in [0.25, 0.3) is 0 Å². The van der Waals surface area contributed by atoms with E-state index < -0.39 is 17.7 Å². The summed E-state index contributed by atoms with van der Waals surface area (Å²) in [5.74, 6) is -0.200. The average Bonchev–Trinajstić information content (AvgIpc) is 3.87.